The monoisotopic (exact) mass is 589 g/mol. The number of hydrogen-bond acceptors (Lipinski definition) is 7. The van der Waals surface area contributed by atoms with Gasteiger partial charge in [0.25, 0.3) is 5.91 Å². The third kappa shape index (κ3) is 8.44. The van der Waals surface area contributed by atoms with Gasteiger partial charge in [-0.25, -0.2) is 8.42 Å². The summed E-state index contributed by atoms with van der Waals surface area (Å²) in [5.41, 5.74) is 2.28. The molecule has 9 nitrogen and oxygen atoms in total. The van der Waals surface area contributed by atoms with Crippen LogP contribution < -0.4 is 9.64 Å². The molecule has 0 unspecified atom stereocenters. The second-order valence-electron chi connectivity index (χ2n) is 11.5. The first-order valence-electron chi connectivity index (χ1n) is 14.4. The molecule has 0 radical (unpaired) electrons. The van der Waals surface area contributed by atoms with Crippen molar-refractivity contribution in [1.29, 1.82) is 0 Å². The average Bonchev–Trinajstić information content (AvgIpc) is 2.93. The number of nitrogens with zero attached hydrogens (tertiary/aromatic N) is 3. The lowest BCUT2D eigenvalue weighted by Crippen LogP contribution is -2.48. The van der Waals surface area contributed by atoms with Crippen LogP contribution in [0.5, 0.6) is 5.75 Å². The van der Waals surface area contributed by atoms with Crippen molar-refractivity contribution in [3.05, 3.63) is 53.6 Å². The zero-order chi connectivity index (χ0) is 30.3. The van der Waals surface area contributed by atoms with Crippen LogP contribution in [0, 0.1) is 12.8 Å². The lowest BCUT2D eigenvalue weighted by Gasteiger charge is -2.35. The smallest absolute Gasteiger partial charge is 0.258 e. The van der Waals surface area contributed by atoms with E-state index in [1.54, 1.807) is 43.1 Å². The largest absolute Gasteiger partial charge is 0.490 e. The van der Waals surface area contributed by atoms with E-state index in [2.05, 4.69) is 0 Å². The number of aliphatic hydroxyl groups excluding tert-OH is 1. The summed E-state index contributed by atoms with van der Waals surface area (Å²) in [7, 11) is 1.66. The van der Waals surface area contributed by atoms with Gasteiger partial charge in [-0.05, 0) is 70.4 Å². The number of sulfonamides is 1. The number of carbonyl (C=O) groups is 1. The minimum Gasteiger partial charge on any atom is -0.490 e. The highest BCUT2D eigenvalue weighted by molar-refractivity contribution is 7.89. The minimum atomic E-state index is -3.73. The van der Waals surface area contributed by atoms with E-state index >= 15 is 0 Å². The van der Waals surface area contributed by atoms with E-state index in [1.807, 2.05) is 58.0 Å². The highest BCUT2D eigenvalue weighted by Gasteiger charge is 2.32. The molecule has 1 aliphatic heterocycles. The highest BCUT2D eigenvalue weighted by atomic mass is 32.2. The normalized spacial score (nSPS) is 22.0. The Kier molecular flexibility index (Phi) is 11.6. The third-order valence-electron chi connectivity index (χ3n) is 7.72. The molecule has 0 saturated carbocycles. The van der Waals surface area contributed by atoms with Crippen molar-refractivity contribution >= 4 is 21.6 Å². The summed E-state index contributed by atoms with van der Waals surface area (Å²) in [6, 6.07) is 11.9. The molecule has 1 heterocycles. The fourth-order valence-electron chi connectivity index (χ4n) is 4.89. The molecular formula is C31H47N3O6S. The van der Waals surface area contributed by atoms with Gasteiger partial charge >= 0.3 is 0 Å². The Hall–Kier alpha value is -2.66. The number of rotatable bonds is 7. The number of benzene rings is 2. The highest BCUT2D eigenvalue weighted by Crippen LogP contribution is 2.29. The molecular weight excluding hydrogens is 542 g/mol. The van der Waals surface area contributed by atoms with Gasteiger partial charge in [-0.3, -0.25) is 4.79 Å². The van der Waals surface area contributed by atoms with Crippen molar-refractivity contribution in [2.75, 3.05) is 52.3 Å². The molecule has 1 N–H and O–H groups in total. The van der Waals surface area contributed by atoms with Gasteiger partial charge in [-0.1, -0.05) is 24.6 Å². The van der Waals surface area contributed by atoms with E-state index < -0.39 is 22.2 Å². The molecule has 1 amide bonds. The first-order chi connectivity index (χ1) is 19.3. The Morgan fingerprint density at radius 1 is 1.07 bits per heavy atom. The van der Waals surface area contributed by atoms with Crippen molar-refractivity contribution < 1.29 is 27.8 Å². The van der Waals surface area contributed by atoms with Crippen LogP contribution in [-0.2, 0) is 14.8 Å². The maximum Gasteiger partial charge on any atom is 0.258 e. The van der Waals surface area contributed by atoms with E-state index in [1.165, 1.54) is 4.31 Å². The second-order valence-corrected chi connectivity index (χ2v) is 13.5. The summed E-state index contributed by atoms with van der Waals surface area (Å²) in [6.45, 7) is 8.32. The summed E-state index contributed by atoms with van der Waals surface area (Å²) >= 11 is 0. The Labute approximate surface area is 246 Å². The fraction of sp³-hybridized carbons (Fsp3) is 0.581. The molecule has 0 bridgehead atoms. The van der Waals surface area contributed by atoms with Crippen LogP contribution in [-0.4, -0.2) is 94.3 Å². The van der Waals surface area contributed by atoms with Crippen LogP contribution in [0.4, 0.5) is 5.69 Å². The third-order valence-corrected chi connectivity index (χ3v) is 9.56. The zero-order valence-electron chi connectivity index (χ0n) is 25.5. The molecule has 0 aromatic heterocycles. The van der Waals surface area contributed by atoms with Crippen LogP contribution in [0.25, 0.3) is 0 Å². The summed E-state index contributed by atoms with van der Waals surface area (Å²) in [6.07, 6.45) is 1.87. The number of aryl methyl sites for hydroxylation is 1. The molecule has 2 aromatic rings. The number of carbonyl (C=O) groups excluding carboxylic acids is 1. The Morgan fingerprint density at radius 2 is 1.76 bits per heavy atom. The van der Waals surface area contributed by atoms with Crippen molar-refractivity contribution in [2.24, 2.45) is 5.92 Å². The average molecular weight is 590 g/mol. The number of likely N-dealkylation sites (N-methyl/N-ethyl adjacent to an activating group) is 1. The molecule has 41 heavy (non-hydrogen) atoms. The van der Waals surface area contributed by atoms with Crippen LogP contribution in [0.15, 0.2) is 47.4 Å². The number of fused-ring (bicyclic) bond motifs is 1. The summed E-state index contributed by atoms with van der Waals surface area (Å²) < 4.78 is 40.6. The van der Waals surface area contributed by atoms with Gasteiger partial charge in [-0.15, -0.1) is 0 Å². The molecule has 4 atom stereocenters. The van der Waals surface area contributed by atoms with E-state index in [0.29, 0.717) is 17.9 Å². The molecule has 0 aliphatic carbocycles. The number of hydrogen-bond donors (Lipinski definition) is 1. The number of ether oxygens (including phenoxy) is 2. The van der Waals surface area contributed by atoms with Crippen molar-refractivity contribution in [2.45, 2.75) is 70.1 Å². The first kappa shape index (κ1) is 32.8. The maximum absolute atomic E-state index is 14.1. The van der Waals surface area contributed by atoms with E-state index in [4.69, 9.17) is 9.47 Å². The first-order valence-corrected chi connectivity index (χ1v) is 15.8. The molecule has 10 heteroatoms. The van der Waals surface area contributed by atoms with E-state index in [9.17, 15) is 18.3 Å². The standard InChI is InChI=1S/C31H47N3O6S/c1-22-11-14-27(15-12-22)41(37,38)33(7)20-30-23(2)19-34(24(3)21-35)31(36)28-18-26(32(5)6)13-16-29(28)40-25(4)10-8-9-17-39-30/h11-16,18,23-25,30,35H,8-10,17,19-21H2,1-7H3/t23-,24+,25-,30+/m1/s1. The molecule has 228 valence electrons. The van der Waals surface area contributed by atoms with Crippen LogP contribution in [0.1, 0.15) is 56.0 Å². The SMILES string of the molecule is Cc1ccc(S(=O)(=O)N(C)C[C@@H]2OCCCC[C@@H](C)Oc3ccc(N(C)C)cc3C(=O)N([C@@H](C)CO)C[C@H]2C)cc1. The van der Waals surface area contributed by atoms with Gasteiger partial charge in [-0.2, -0.15) is 4.31 Å². The van der Waals surface area contributed by atoms with Gasteiger partial charge in [0.1, 0.15) is 5.75 Å². The zero-order valence-corrected chi connectivity index (χ0v) is 26.4. The second kappa shape index (κ2) is 14.5. The van der Waals surface area contributed by atoms with Gasteiger partial charge in [0.2, 0.25) is 10.0 Å². The van der Waals surface area contributed by atoms with Crippen LogP contribution in [0.2, 0.25) is 0 Å². The van der Waals surface area contributed by atoms with Gasteiger partial charge in [0.15, 0.2) is 0 Å². The van der Waals surface area contributed by atoms with Crippen molar-refractivity contribution in [3.8, 4) is 5.75 Å². The maximum atomic E-state index is 14.1. The lowest BCUT2D eigenvalue weighted by atomic mass is 10.0. The van der Waals surface area contributed by atoms with E-state index in [-0.39, 0.29) is 42.5 Å². The molecule has 3 rings (SSSR count). The predicted octanol–water partition coefficient (Wildman–Crippen LogP) is 4.18. The molecule has 0 fully saturated rings. The Morgan fingerprint density at radius 3 is 2.39 bits per heavy atom. The van der Waals surface area contributed by atoms with Gasteiger partial charge in [0.05, 0.1) is 35.3 Å². The summed E-state index contributed by atoms with van der Waals surface area (Å²) in [5, 5.41) is 10.1. The topological polar surface area (TPSA) is 99.6 Å². The van der Waals surface area contributed by atoms with E-state index in [0.717, 1.165) is 30.5 Å². The van der Waals surface area contributed by atoms with Crippen LogP contribution in [0.3, 0.4) is 0 Å². The molecule has 0 spiro atoms. The summed E-state index contributed by atoms with van der Waals surface area (Å²) in [4.78, 5) is 17.9. The Bertz CT molecular complexity index is 1250. The van der Waals surface area contributed by atoms with Gasteiger partial charge < -0.3 is 24.4 Å². The lowest BCUT2D eigenvalue weighted by molar-refractivity contribution is -0.00833. The number of aliphatic hydroxyl groups is 1. The minimum absolute atomic E-state index is 0.112. The Balaban J connectivity index is 1.96. The van der Waals surface area contributed by atoms with Crippen molar-refractivity contribution in [1.82, 2.24) is 9.21 Å². The number of anilines is 1. The summed E-state index contributed by atoms with van der Waals surface area (Å²) in [5.74, 6) is 0.0392. The van der Waals surface area contributed by atoms with Crippen LogP contribution >= 0.6 is 0 Å². The molecule has 2 aromatic carbocycles. The van der Waals surface area contributed by atoms with Crippen molar-refractivity contribution in [3.63, 3.8) is 0 Å². The molecule has 0 saturated heterocycles. The number of amides is 1. The van der Waals surface area contributed by atoms with Gasteiger partial charge in [0, 0.05) is 52.4 Å². The predicted molar refractivity (Wildman–Crippen MR) is 162 cm³/mol. The quantitative estimate of drug-likeness (QED) is 0.517. The molecule has 1 aliphatic rings. The fourth-order valence-corrected chi connectivity index (χ4v) is 6.08.